The second-order valence-electron chi connectivity index (χ2n) is 5.47. The van der Waals surface area contributed by atoms with Gasteiger partial charge in [0.2, 0.25) is 0 Å². The minimum absolute atomic E-state index is 0.611. The van der Waals surface area contributed by atoms with Gasteiger partial charge in [-0.15, -0.1) is 0 Å². The van der Waals surface area contributed by atoms with Crippen LogP contribution in [0.5, 0.6) is 0 Å². The molecule has 0 saturated carbocycles. The molecule has 2 nitrogen and oxygen atoms in total. The lowest BCUT2D eigenvalue weighted by Gasteiger charge is -2.31. The van der Waals surface area contributed by atoms with Gasteiger partial charge in [0.15, 0.2) is 0 Å². The van der Waals surface area contributed by atoms with Crippen LogP contribution in [-0.4, -0.2) is 18.6 Å². The van der Waals surface area contributed by atoms with E-state index in [-0.39, 0.29) is 0 Å². The highest BCUT2D eigenvalue weighted by molar-refractivity contribution is 5.62. The first-order valence-electron chi connectivity index (χ1n) is 7.31. The summed E-state index contributed by atoms with van der Waals surface area (Å²) >= 11 is 0. The summed E-state index contributed by atoms with van der Waals surface area (Å²) in [4.78, 5) is 2.50. The molecule has 1 aliphatic heterocycles. The van der Waals surface area contributed by atoms with Gasteiger partial charge in [-0.25, -0.2) is 0 Å². The van der Waals surface area contributed by atoms with Crippen molar-refractivity contribution in [1.82, 2.24) is 0 Å². The van der Waals surface area contributed by atoms with Crippen molar-refractivity contribution in [3.8, 4) is 0 Å². The molecule has 1 aliphatic rings. The van der Waals surface area contributed by atoms with Crippen LogP contribution in [0.2, 0.25) is 0 Å². The predicted octanol–water partition coefficient (Wildman–Crippen LogP) is 4.06. The number of aryl methyl sites for hydroxylation is 1. The molecule has 0 saturated heterocycles. The van der Waals surface area contributed by atoms with Gasteiger partial charge in [-0.1, -0.05) is 6.92 Å². The number of benzene rings is 1. The smallest absolute Gasteiger partial charge is 0.0376 e. The first-order valence-corrected chi connectivity index (χ1v) is 7.31. The van der Waals surface area contributed by atoms with Gasteiger partial charge in [0.1, 0.15) is 0 Å². The quantitative estimate of drug-likeness (QED) is 0.862. The third kappa shape index (κ3) is 2.63. The average Bonchev–Trinajstić information content (AvgIpc) is 2.39. The number of rotatable bonds is 4. The van der Waals surface area contributed by atoms with E-state index in [2.05, 4.69) is 56.1 Å². The van der Waals surface area contributed by atoms with E-state index in [0.717, 1.165) is 6.54 Å². The van der Waals surface area contributed by atoms with E-state index in [0.29, 0.717) is 12.1 Å². The van der Waals surface area contributed by atoms with Crippen molar-refractivity contribution < 1.29 is 0 Å². The highest BCUT2D eigenvalue weighted by Gasteiger charge is 2.17. The summed E-state index contributed by atoms with van der Waals surface area (Å²) in [5.74, 6) is 0. The minimum atomic E-state index is 0.611. The molecule has 2 unspecified atom stereocenters. The average molecular weight is 246 g/mol. The standard InChI is InChI=1S/C16H26N2/c1-5-13(4)18(6-2)15-9-10-16-14(11-15)8-7-12(3)17-16/h9-13,17H,5-8H2,1-4H3. The van der Waals surface area contributed by atoms with Crippen LogP contribution in [0.15, 0.2) is 18.2 Å². The molecule has 0 bridgehead atoms. The maximum atomic E-state index is 3.57. The van der Waals surface area contributed by atoms with Gasteiger partial charge in [-0.2, -0.15) is 0 Å². The van der Waals surface area contributed by atoms with E-state index in [4.69, 9.17) is 0 Å². The van der Waals surface area contributed by atoms with E-state index < -0.39 is 0 Å². The molecule has 1 heterocycles. The zero-order chi connectivity index (χ0) is 13.1. The number of anilines is 2. The number of hydrogen-bond donors (Lipinski definition) is 1. The summed E-state index contributed by atoms with van der Waals surface area (Å²) in [6, 6.07) is 8.12. The fourth-order valence-electron chi connectivity index (χ4n) is 2.79. The van der Waals surface area contributed by atoms with Gasteiger partial charge in [0.05, 0.1) is 0 Å². The third-order valence-electron chi connectivity index (χ3n) is 4.13. The lowest BCUT2D eigenvalue weighted by Crippen LogP contribution is -2.32. The molecule has 0 aromatic heterocycles. The first-order chi connectivity index (χ1) is 8.65. The van der Waals surface area contributed by atoms with E-state index in [1.165, 1.54) is 36.2 Å². The van der Waals surface area contributed by atoms with Crippen LogP contribution in [0.4, 0.5) is 11.4 Å². The third-order valence-corrected chi connectivity index (χ3v) is 4.13. The maximum absolute atomic E-state index is 3.57. The number of fused-ring (bicyclic) bond motifs is 1. The normalized spacial score (nSPS) is 19.9. The lowest BCUT2D eigenvalue weighted by atomic mass is 9.98. The Hall–Kier alpha value is -1.18. The SMILES string of the molecule is CCC(C)N(CC)c1ccc2c(c1)CCC(C)N2. The summed E-state index contributed by atoms with van der Waals surface area (Å²) in [7, 11) is 0. The van der Waals surface area contributed by atoms with Gasteiger partial charge in [0, 0.05) is 30.0 Å². The van der Waals surface area contributed by atoms with Gasteiger partial charge in [-0.3, -0.25) is 0 Å². The fourth-order valence-corrected chi connectivity index (χ4v) is 2.79. The Morgan fingerprint density at radius 2 is 2.17 bits per heavy atom. The number of hydrogen-bond acceptors (Lipinski definition) is 2. The molecule has 0 aliphatic carbocycles. The van der Waals surface area contributed by atoms with Crippen LogP contribution < -0.4 is 10.2 Å². The van der Waals surface area contributed by atoms with Gasteiger partial charge >= 0.3 is 0 Å². The van der Waals surface area contributed by atoms with Crippen LogP contribution in [-0.2, 0) is 6.42 Å². The molecule has 0 radical (unpaired) electrons. The summed E-state index contributed by atoms with van der Waals surface area (Å²) in [6.45, 7) is 10.1. The zero-order valence-electron chi connectivity index (χ0n) is 12.2. The Bertz CT molecular complexity index is 400. The fraction of sp³-hybridized carbons (Fsp3) is 0.625. The maximum Gasteiger partial charge on any atom is 0.0376 e. The summed E-state index contributed by atoms with van der Waals surface area (Å²) in [5.41, 5.74) is 4.19. The van der Waals surface area contributed by atoms with Gasteiger partial charge in [-0.05, 0) is 63.8 Å². The molecule has 18 heavy (non-hydrogen) atoms. The molecule has 0 amide bonds. The van der Waals surface area contributed by atoms with E-state index in [1.807, 2.05) is 0 Å². The number of nitrogens with one attached hydrogen (secondary N) is 1. The number of nitrogens with zero attached hydrogens (tertiary/aromatic N) is 1. The van der Waals surface area contributed by atoms with E-state index in [1.54, 1.807) is 0 Å². The van der Waals surface area contributed by atoms with Crippen molar-refractivity contribution in [3.63, 3.8) is 0 Å². The minimum Gasteiger partial charge on any atom is -0.382 e. The highest BCUT2D eigenvalue weighted by atomic mass is 15.1. The molecule has 1 aromatic rings. The van der Waals surface area contributed by atoms with Crippen molar-refractivity contribution >= 4 is 11.4 Å². The summed E-state index contributed by atoms with van der Waals surface area (Å²) in [6.07, 6.45) is 3.64. The second kappa shape index (κ2) is 5.64. The molecule has 100 valence electrons. The predicted molar refractivity (Wildman–Crippen MR) is 80.6 cm³/mol. The Balaban J connectivity index is 2.25. The van der Waals surface area contributed by atoms with Gasteiger partial charge in [0.25, 0.3) is 0 Å². The van der Waals surface area contributed by atoms with Crippen LogP contribution >= 0.6 is 0 Å². The molecule has 1 N–H and O–H groups in total. The van der Waals surface area contributed by atoms with Crippen molar-refractivity contribution in [1.29, 1.82) is 0 Å². The Kier molecular flexibility index (Phi) is 4.15. The largest absolute Gasteiger partial charge is 0.382 e. The molecular formula is C16H26N2. The van der Waals surface area contributed by atoms with Crippen molar-refractivity contribution in [2.45, 2.75) is 59.0 Å². The monoisotopic (exact) mass is 246 g/mol. The lowest BCUT2D eigenvalue weighted by molar-refractivity contribution is 0.628. The van der Waals surface area contributed by atoms with Crippen molar-refractivity contribution in [2.24, 2.45) is 0 Å². The molecule has 0 fully saturated rings. The molecule has 2 rings (SSSR count). The molecule has 2 atom stereocenters. The summed E-state index contributed by atoms with van der Waals surface area (Å²) in [5, 5.41) is 3.57. The molecule has 2 heteroatoms. The van der Waals surface area contributed by atoms with E-state index >= 15 is 0 Å². The summed E-state index contributed by atoms with van der Waals surface area (Å²) < 4.78 is 0. The Morgan fingerprint density at radius 3 is 2.83 bits per heavy atom. The van der Waals surface area contributed by atoms with Crippen LogP contribution in [0.1, 0.15) is 46.1 Å². The first kappa shape index (κ1) is 13.3. The second-order valence-corrected chi connectivity index (χ2v) is 5.47. The topological polar surface area (TPSA) is 15.3 Å². The zero-order valence-corrected chi connectivity index (χ0v) is 12.2. The molecular weight excluding hydrogens is 220 g/mol. The van der Waals surface area contributed by atoms with Crippen molar-refractivity contribution in [2.75, 3.05) is 16.8 Å². The molecule has 1 aromatic carbocycles. The highest BCUT2D eigenvalue weighted by Crippen LogP contribution is 2.30. The molecule has 0 spiro atoms. The van der Waals surface area contributed by atoms with Crippen molar-refractivity contribution in [3.05, 3.63) is 23.8 Å². The van der Waals surface area contributed by atoms with E-state index in [9.17, 15) is 0 Å². The van der Waals surface area contributed by atoms with Crippen LogP contribution in [0.3, 0.4) is 0 Å². The Labute approximate surface area is 111 Å². The van der Waals surface area contributed by atoms with Crippen LogP contribution in [0.25, 0.3) is 0 Å². The van der Waals surface area contributed by atoms with Crippen LogP contribution in [0, 0.1) is 0 Å². The Morgan fingerprint density at radius 1 is 1.39 bits per heavy atom. The van der Waals surface area contributed by atoms with Gasteiger partial charge < -0.3 is 10.2 Å².